The van der Waals surface area contributed by atoms with Crippen molar-refractivity contribution in [3.05, 3.63) is 51.3 Å². The minimum Gasteiger partial charge on any atom is -0.355 e. The summed E-state index contributed by atoms with van der Waals surface area (Å²) in [6, 6.07) is 3.77. The van der Waals surface area contributed by atoms with Gasteiger partial charge in [-0.1, -0.05) is 6.07 Å². The van der Waals surface area contributed by atoms with Crippen molar-refractivity contribution in [3.8, 4) is 0 Å². The average molecular weight is 370 g/mol. The lowest BCUT2D eigenvalue weighted by atomic mass is 10.2. The third kappa shape index (κ3) is 4.16. The molecule has 2 aromatic heterocycles. The van der Waals surface area contributed by atoms with Crippen LogP contribution < -0.4 is 21.1 Å². The largest absolute Gasteiger partial charge is 0.355 e. The number of pyridine rings is 1. The first-order chi connectivity index (χ1) is 12.9. The molecular weight excluding hydrogens is 344 g/mol. The van der Waals surface area contributed by atoms with Crippen LogP contribution in [-0.4, -0.2) is 46.6 Å². The molecule has 0 radical (unpaired) electrons. The minimum atomic E-state index is -0.275. The predicted molar refractivity (Wildman–Crippen MR) is 104 cm³/mol. The van der Waals surface area contributed by atoms with E-state index in [2.05, 4.69) is 25.5 Å². The molecule has 3 heterocycles. The standard InChI is InChI=1S/C19H26N6O2/c1-12-13(2)22-17(19(27)20-3)23-18(12)25-8-7-15(11-25)21-9-14-5-6-16(26)24(4)10-14/h5-6,10,15,21H,7-9,11H2,1-4H3,(H,20,27)/t15-/m1/s1. The molecule has 27 heavy (non-hydrogen) atoms. The van der Waals surface area contributed by atoms with Crippen LogP contribution in [0.25, 0.3) is 0 Å². The number of anilines is 1. The lowest BCUT2D eigenvalue weighted by Crippen LogP contribution is -2.33. The van der Waals surface area contributed by atoms with Gasteiger partial charge in [-0.2, -0.15) is 0 Å². The zero-order valence-corrected chi connectivity index (χ0v) is 16.2. The Morgan fingerprint density at radius 2 is 2.07 bits per heavy atom. The number of nitrogens with one attached hydrogen (secondary N) is 2. The minimum absolute atomic E-state index is 0.00711. The molecule has 1 aliphatic rings. The van der Waals surface area contributed by atoms with Crippen molar-refractivity contribution in [2.24, 2.45) is 7.05 Å². The van der Waals surface area contributed by atoms with E-state index in [1.165, 1.54) is 0 Å². The maximum absolute atomic E-state index is 11.9. The summed E-state index contributed by atoms with van der Waals surface area (Å²) in [6.45, 7) is 6.28. The quantitative estimate of drug-likeness (QED) is 0.797. The van der Waals surface area contributed by atoms with E-state index in [0.717, 1.165) is 42.1 Å². The molecule has 1 saturated heterocycles. The molecule has 1 amide bonds. The number of carbonyl (C=O) groups is 1. The van der Waals surface area contributed by atoms with Crippen molar-refractivity contribution in [1.82, 2.24) is 25.2 Å². The highest BCUT2D eigenvalue weighted by Gasteiger charge is 2.26. The van der Waals surface area contributed by atoms with Gasteiger partial charge >= 0.3 is 0 Å². The first-order valence-electron chi connectivity index (χ1n) is 9.10. The van der Waals surface area contributed by atoms with Gasteiger partial charge < -0.3 is 20.1 Å². The summed E-state index contributed by atoms with van der Waals surface area (Å²) in [6.07, 6.45) is 2.85. The molecule has 0 spiro atoms. The number of carbonyl (C=O) groups excluding carboxylic acids is 1. The molecule has 1 atom stereocenters. The van der Waals surface area contributed by atoms with Crippen LogP contribution in [0.2, 0.25) is 0 Å². The number of aryl methyl sites for hydroxylation is 2. The lowest BCUT2D eigenvalue weighted by Gasteiger charge is -2.21. The maximum Gasteiger partial charge on any atom is 0.288 e. The van der Waals surface area contributed by atoms with Gasteiger partial charge in [-0.25, -0.2) is 9.97 Å². The molecule has 144 valence electrons. The summed E-state index contributed by atoms with van der Waals surface area (Å²) in [5.74, 6) is 0.757. The number of aromatic nitrogens is 3. The molecule has 3 rings (SSSR count). The number of hydrogen-bond donors (Lipinski definition) is 2. The van der Waals surface area contributed by atoms with Crippen molar-refractivity contribution >= 4 is 11.7 Å². The summed E-state index contributed by atoms with van der Waals surface area (Å²) in [7, 11) is 3.34. The molecule has 8 heteroatoms. The molecule has 0 aliphatic carbocycles. The van der Waals surface area contributed by atoms with Crippen LogP contribution in [-0.2, 0) is 13.6 Å². The number of amides is 1. The Morgan fingerprint density at radius 1 is 1.30 bits per heavy atom. The Bertz CT molecular complexity index is 908. The molecule has 0 aromatic carbocycles. The molecule has 2 aromatic rings. The first kappa shape index (κ1) is 19.0. The average Bonchev–Trinajstić information content (AvgIpc) is 3.13. The molecule has 0 bridgehead atoms. The van der Waals surface area contributed by atoms with Crippen molar-refractivity contribution in [1.29, 1.82) is 0 Å². The Balaban J connectivity index is 1.68. The second-order valence-electron chi connectivity index (χ2n) is 6.96. The third-order valence-electron chi connectivity index (χ3n) is 5.02. The highest BCUT2D eigenvalue weighted by Crippen LogP contribution is 2.24. The summed E-state index contributed by atoms with van der Waals surface area (Å²) in [5.41, 5.74) is 2.89. The fourth-order valence-electron chi connectivity index (χ4n) is 3.27. The van der Waals surface area contributed by atoms with Crippen molar-refractivity contribution < 1.29 is 4.79 Å². The Morgan fingerprint density at radius 3 is 2.78 bits per heavy atom. The summed E-state index contributed by atoms with van der Waals surface area (Å²) in [4.78, 5) is 34.4. The van der Waals surface area contributed by atoms with Gasteiger partial charge in [-0.3, -0.25) is 9.59 Å². The monoisotopic (exact) mass is 370 g/mol. The summed E-state index contributed by atoms with van der Waals surface area (Å²) >= 11 is 0. The molecule has 0 saturated carbocycles. The Hall–Kier alpha value is -2.74. The molecule has 1 aliphatic heterocycles. The van der Waals surface area contributed by atoms with E-state index in [9.17, 15) is 9.59 Å². The van der Waals surface area contributed by atoms with Crippen molar-refractivity contribution in [2.45, 2.75) is 32.9 Å². The first-order valence-corrected chi connectivity index (χ1v) is 9.10. The fourth-order valence-corrected chi connectivity index (χ4v) is 3.27. The fraction of sp³-hybridized carbons (Fsp3) is 0.474. The molecule has 1 fully saturated rings. The third-order valence-corrected chi connectivity index (χ3v) is 5.02. The highest BCUT2D eigenvalue weighted by atomic mass is 16.2. The second-order valence-corrected chi connectivity index (χ2v) is 6.96. The van der Waals surface area contributed by atoms with Gasteiger partial charge in [0.05, 0.1) is 0 Å². The molecule has 0 unspecified atom stereocenters. The van der Waals surface area contributed by atoms with Gasteiger partial charge in [0.25, 0.3) is 5.91 Å². The summed E-state index contributed by atoms with van der Waals surface area (Å²) in [5, 5.41) is 6.13. The van der Waals surface area contributed by atoms with E-state index in [-0.39, 0.29) is 17.3 Å². The van der Waals surface area contributed by atoms with Crippen LogP contribution in [0, 0.1) is 13.8 Å². The van der Waals surface area contributed by atoms with Crippen molar-refractivity contribution in [2.75, 3.05) is 25.0 Å². The van der Waals surface area contributed by atoms with E-state index in [1.807, 2.05) is 26.1 Å². The maximum atomic E-state index is 11.9. The van der Waals surface area contributed by atoms with E-state index in [0.29, 0.717) is 12.6 Å². The van der Waals surface area contributed by atoms with Crippen LogP contribution >= 0.6 is 0 Å². The normalized spacial score (nSPS) is 16.6. The Labute approximate surface area is 158 Å². The summed E-state index contributed by atoms with van der Waals surface area (Å²) < 4.78 is 1.59. The van der Waals surface area contributed by atoms with E-state index >= 15 is 0 Å². The smallest absolute Gasteiger partial charge is 0.288 e. The number of hydrogen-bond acceptors (Lipinski definition) is 6. The number of rotatable bonds is 5. The van der Waals surface area contributed by atoms with Crippen LogP contribution in [0.15, 0.2) is 23.1 Å². The van der Waals surface area contributed by atoms with Crippen LogP contribution in [0.5, 0.6) is 0 Å². The van der Waals surface area contributed by atoms with Gasteiger partial charge in [0.1, 0.15) is 5.82 Å². The predicted octanol–water partition coefficient (Wildman–Crippen LogP) is 0.520. The SMILES string of the molecule is CNC(=O)c1nc(C)c(C)c(N2CC[C@@H](NCc3ccc(=O)n(C)c3)C2)n1. The number of nitrogens with zero attached hydrogens (tertiary/aromatic N) is 4. The van der Waals surface area contributed by atoms with E-state index in [1.54, 1.807) is 24.7 Å². The second kappa shape index (κ2) is 7.87. The molecule has 8 nitrogen and oxygen atoms in total. The van der Waals surface area contributed by atoms with E-state index < -0.39 is 0 Å². The van der Waals surface area contributed by atoms with Gasteiger partial charge in [-0.05, 0) is 25.8 Å². The van der Waals surface area contributed by atoms with Gasteiger partial charge in [0.15, 0.2) is 0 Å². The van der Waals surface area contributed by atoms with Gasteiger partial charge in [0, 0.05) is 63.3 Å². The highest BCUT2D eigenvalue weighted by molar-refractivity contribution is 5.90. The topological polar surface area (TPSA) is 92.2 Å². The van der Waals surface area contributed by atoms with E-state index in [4.69, 9.17) is 0 Å². The van der Waals surface area contributed by atoms with Crippen LogP contribution in [0.1, 0.15) is 33.9 Å². The van der Waals surface area contributed by atoms with Gasteiger partial charge in [0.2, 0.25) is 11.4 Å². The Kier molecular flexibility index (Phi) is 5.55. The lowest BCUT2D eigenvalue weighted by molar-refractivity contribution is 0.0952. The molecule has 2 N–H and O–H groups in total. The van der Waals surface area contributed by atoms with Crippen LogP contribution in [0.3, 0.4) is 0 Å². The molecular formula is C19H26N6O2. The van der Waals surface area contributed by atoms with Gasteiger partial charge in [-0.15, -0.1) is 0 Å². The zero-order chi connectivity index (χ0) is 19.6. The van der Waals surface area contributed by atoms with Crippen LogP contribution in [0.4, 0.5) is 5.82 Å². The van der Waals surface area contributed by atoms with Crippen molar-refractivity contribution in [3.63, 3.8) is 0 Å². The zero-order valence-electron chi connectivity index (χ0n) is 16.2.